The van der Waals surface area contributed by atoms with Gasteiger partial charge < -0.3 is 9.30 Å². The van der Waals surface area contributed by atoms with Gasteiger partial charge in [-0.15, -0.1) is 0 Å². The van der Waals surface area contributed by atoms with E-state index in [-0.39, 0.29) is 5.60 Å². The number of rotatable bonds is 1. The van der Waals surface area contributed by atoms with Crippen molar-refractivity contribution >= 4 is 11.0 Å². The maximum atomic E-state index is 6.01. The van der Waals surface area contributed by atoms with E-state index in [2.05, 4.69) is 33.8 Å². The number of benzene rings is 1. The smallest absolute Gasteiger partial charge is 0.0960 e. The fourth-order valence-electron chi connectivity index (χ4n) is 3.43. The van der Waals surface area contributed by atoms with E-state index in [0.717, 1.165) is 25.0 Å². The minimum atomic E-state index is 0.203. The van der Waals surface area contributed by atoms with Crippen LogP contribution in [0.3, 0.4) is 0 Å². The van der Waals surface area contributed by atoms with E-state index in [0.29, 0.717) is 6.04 Å². The molecule has 1 aliphatic carbocycles. The van der Waals surface area contributed by atoms with E-state index in [1.54, 1.807) is 0 Å². The monoisotopic (exact) mass is 242 g/mol. The van der Waals surface area contributed by atoms with Gasteiger partial charge in [0.1, 0.15) is 0 Å². The number of ether oxygens (including phenoxy) is 1. The molecule has 1 spiro atoms. The van der Waals surface area contributed by atoms with E-state index >= 15 is 0 Å². The van der Waals surface area contributed by atoms with E-state index in [9.17, 15) is 0 Å². The summed E-state index contributed by atoms with van der Waals surface area (Å²) in [6.07, 6.45) is 8.10. The summed E-state index contributed by atoms with van der Waals surface area (Å²) in [4.78, 5) is 4.51. The third kappa shape index (κ3) is 1.50. The Morgan fingerprint density at radius 2 is 2.17 bits per heavy atom. The summed E-state index contributed by atoms with van der Waals surface area (Å²) >= 11 is 0. The topological polar surface area (TPSA) is 27.1 Å². The molecule has 2 fully saturated rings. The van der Waals surface area contributed by atoms with Crippen LogP contribution >= 0.6 is 0 Å². The second kappa shape index (κ2) is 3.82. The molecule has 1 unspecified atom stereocenters. The van der Waals surface area contributed by atoms with Crippen molar-refractivity contribution in [3.05, 3.63) is 30.6 Å². The van der Waals surface area contributed by atoms with Crippen LogP contribution in [-0.2, 0) is 4.74 Å². The number of fused-ring (bicyclic) bond motifs is 1. The molecule has 2 aliphatic rings. The van der Waals surface area contributed by atoms with Crippen molar-refractivity contribution in [2.75, 3.05) is 6.61 Å². The molecule has 1 saturated carbocycles. The average Bonchev–Trinajstić information content (AvgIpc) is 2.81. The van der Waals surface area contributed by atoms with Crippen LogP contribution in [0.1, 0.15) is 38.1 Å². The van der Waals surface area contributed by atoms with Crippen LogP contribution in [0, 0.1) is 0 Å². The maximum absolute atomic E-state index is 6.01. The van der Waals surface area contributed by atoms with Gasteiger partial charge in [-0.25, -0.2) is 4.98 Å². The number of nitrogens with zero attached hydrogens (tertiary/aromatic N) is 2. The first kappa shape index (κ1) is 10.6. The Balaban J connectivity index is 1.69. The highest BCUT2D eigenvalue weighted by Gasteiger charge is 2.43. The first-order valence-electron chi connectivity index (χ1n) is 6.92. The number of aromatic nitrogens is 2. The molecule has 3 heteroatoms. The molecule has 2 aromatic rings. The zero-order valence-corrected chi connectivity index (χ0v) is 10.5. The molecule has 3 nitrogen and oxygen atoms in total. The maximum Gasteiger partial charge on any atom is 0.0960 e. The molecule has 18 heavy (non-hydrogen) atoms. The molecule has 0 bridgehead atoms. The van der Waals surface area contributed by atoms with Gasteiger partial charge in [-0.1, -0.05) is 12.1 Å². The summed E-state index contributed by atoms with van der Waals surface area (Å²) < 4.78 is 8.37. The molecule has 0 radical (unpaired) electrons. The van der Waals surface area contributed by atoms with E-state index in [1.807, 2.05) is 6.33 Å². The average molecular weight is 242 g/mol. The highest BCUT2D eigenvalue weighted by Crippen LogP contribution is 2.46. The Hall–Kier alpha value is -1.35. The zero-order valence-electron chi connectivity index (χ0n) is 10.5. The van der Waals surface area contributed by atoms with Crippen LogP contribution < -0.4 is 0 Å². The van der Waals surface area contributed by atoms with Crippen molar-refractivity contribution in [2.45, 2.75) is 43.7 Å². The van der Waals surface area contributed by atoms with Gasteiger partial charge in [-0.2, -0.15) is 0 Å². The van der Waals surface area contributed by atoms with Crippen LogP contribution in [0.25, 0.3) is 11.0 Å². The molecule has 0 N–H and O–H groups in total. The van der Waals surface area contributed by atoms with E-state index < -0.39 is 0 Å². The van der Waals surface area contributed by atoms with Crippen LogP contribution in [0.4, 0.5) is 0 Å². The lowest BCUT2D eigenvalue weighted by atomic mass is 9.74. The van der Waals surface area contributed by atoms with Gasteiger partial charge in [0.15, 0.2) is 0 Å². The normalized spacial score (nSPS) is 26.3. The Bertz CT molecular complexity index is 571. The molecule has 1 aromatic carbocycles. The van der Waals surface area contributed by atoms with E-state index in [4.69, 9.17) is 4.74 Å². The summed E-state index contributed by atoms with van der Waals surface area (Å²) in [5.41, 5.74) is 2.57. The number of hydrogen-bond donors (Lipinski definition) is 0. The largest absolute Gasteiger partial charge is 0.375 e. The summed E-state index contributed by atoms with van der Waals surface area (Å²) in [5.74, 6) is 0. The minimum absolute atomic E-state index is 0.203. The fraction of sp³-hybridized carbons (Fsp3) is 0.533. The molecular weight excluding hydrogens is 224 g/mol. The molecule has 1 aromatic heterocycles. The Morgan fingerprint density at radius 1 is 1.28 bits per heavy atom. The molecular formula is C15H18N2O. The van der Waals surface area contributed by atoms with Gasteiger partial charge in [-0.05, 0) is 44.2 Å². The first-order valence-corrected chi connectivity index (χ1v) is 6.92. The van der Waals surface area contributed by atoms with Crippen LogP contribution in [0.15, 0.2) is 30.6 Å². The Labute approximate surface area is 107 Å². The second-order valence-electron chi connectivity index (χ2n) is 5.67. The molecule has 0 amide bonds. The van der Waals surface area contributed by atoms with Crippen molar-refractivity contribution in [2.24, 2.45) is 0 Å². The quantitative estimate of drug-likeness (QED) is 0.767. The summed E-state index contributed by atoms with van der Waals surface area (Å²) in [6, 6.07) is 8.97. The van der Waals surface area contributed by atoms with Crippen molar-refractivity contribution in [1.29, 1.82) is 0 Å². The van der Waals surface area contributed by atoms with Gasteiger partial charge in [-0.3, -0.25) is 0 Å². The highest BCUT2D eigenvalue weighted by atomic mass is 16.5. The summed E-state index contributed by atoms with van der Waals surface area (Å²) in [7, 11) is 0. The van der Waals surface area contributed by atoms with Gasteiger partial charge >= 0.3 is 0 Å². The number of hydrogen-bond acceptors (Lipinski definition) is 2. The predicted molar refractivity (Wildman–Crippen MR) is 70.5 cm³/mol. The molecule has 94 valence electrons. The molecule has 1 saturated heterocycles. The van der Waals surface area contributed by atoms with E-state index in [1.165, 1.54) is 24.8 Å². The first-order chi connectivity index (χ1) is 8.86. The van der Waals surface area contributed by atoms with Crippen LogP contribution in [0.5, 0.6) is 0 Å². The third-order valence-corrected chi connectivity index (χ3v) is 4.61. The lowest BCUT2D eigenvalue weighted by molar-refractivity contribution is -0.140. The molecule has 4 rings (SSSR count). The van der Waals surface area contributed by atoms with Gasteiger partial charge in [0.2, 0.25) is 0 Å². The van der Waals surface area contributed by atoms with Crippen molar-refractivity contribution in [3.8, 4) is 0 Å². The SMILES string of the molecule is c1ccc2c(c1)ncn2C1CCOC2(CCC2)C1. The standard InChI is InChI=1S/C15H18N2O/c1-2-5-14-13(4-1)16-11-17(14)12-6-9-18-15(10-12)7-3-8-15/h1-2,4-5,11-12H,3,6-10H2. The number of para-hydroxylation sites is 2. The highest BCUT2D eigenvalue weighted by molar-refractivity contribution is 5.75. The Kier molecular flexibility index (Phi) is 2.24. The molecule has 1 aliphatic heterocycles. The fourth-order valence-corrected chi connectivity index (χ4v) is 3.43. The molecule has 2 heterocycles. The van der Waals surface area contributed by atoms with Crippen molar-refractivity contribution < 1.29 is 4.74 Å². The minimum Gasteiger partial charge on any atom is -0.375 e. The second-order valence-corrected chi connectivity index (χ2v) is 5.67. The summed E-state index contributed by atoms with van der Waals surface area (Å²) in [6.45, 7) is 0.900. The van der Waals surface area contributed by atoms with Crippen molar-refractivity contribution in [3.63, 3.8) is 0 Å². The van der Waals surface area contributed by atoms with Crippen LogP contribution in [-0.4, -0.2) is 21.8 Å². The Morgan fingerprint density at radius 3 is 3.00 bits per heavy atom. The van der Waals surface area contributed by atoms with Crippen LogP contribution in [0.2, 0.25) is 0 Å². The van der Waals surface area contributed by atoms with Gasteiger partial charge in [0, 0.05) is 12.6 Å². The lowest BCUT2D eigenvalue weighted by Gasteiger charge is -2.47. The lowest BCUT2D eigenvalue weighted by Crippen LogP contribution is -2.45. The zero-order chi connectivity index (χ0) is 12.0. The number of imidazole rings is 1. The van der Waals surface area contributed by atoms with Gasteiger partial charge in [0.05, 0.1) is 23.0 Å². The molecule has 1 atom stereocenters. The summed E-state index contributed by atoms with van der Waals surface area (Å²) in [5, 5.41) is 0. The van der Waals surface area contributed by atoms with Crippen molar-refractivity contribution in [1.82, 2.24) is 9.55 Å². The third-order valence-electron chi connectivity index (χ3n) is 4.61. The predicted octanol–water partition coefficient (Wildman–Crippen LogP) is 3.31. The van der Waals surface area contributed by atoms with Gasteiger partial charge in [0.25, 0.3) is 0 Å².